The number of ether oxygens (including phenoxy) is 1. The number of carbonyl (C=O) groups excluding carboxylic acids is 1. The van der Waals surface area contributed by atoms with E-state index in [1.54, 1.807) is 18.2 Å². The standard InChI is InChI=1S/C20H17F2N3O2/c1-27-19-14(20(26)23-13-5-6-13)7-9-17-18(19)16(24-25-17)8-3-11-2-4-12(21)10-15(11)22/h2-4,7-10,13H,5-6H2,1H3,(H,23,26)(H,24,25). The zero-order valence-corrected chi connectivity index (χ0v) is 14.6. The number of aromatic amines is 1. The molecule has 1 saturated carbocycles. The molecular weight excluding hydrogens is 352 g/mol. The highest BCUT2D eigenvalue weighted by Gasteiger charge is 2.26. The molecule has 2 N–H and O–H groups in total. The Kier molecular flexibility index (Phi) is 4.35. The van der Waals surface area contributed by atoms with Crippen LogP contribution in [-0.2, 0) is 0 Å². The first-order valence-corrected chi connectivity index (χ1v) is 8.56. The van der Waals surface area contributed by atoms with Gasteiger partial charge in [0.2, 0.25) is 0 Å². The molecule has 1 aromatic heterocycles. The summed E-state index contributed by atoms with van der Waals surface area (Å²) in [5, 5.41) is 10.7. The maximum Gasteiger partial charge on any atom is 0.255 e. The number of carbonyl (C=O) groups is 1. The van der Waals surface area contributed by atoms with E-state index in [-0.39, 0.29) is 17.5 Å². The summed E-state index contributed by atoms with van der Waals surface area (Å²) >= 11 is 0. The summed E-state index contributed by atoms with van der Waals surface area (Å²) in [7, 11) is 1.49. The minimum absolute atomic E-state index is 0.197. The Morgan fingerprint density at radius 3 is 2.78 bits per heavy atom. The first-order valence-electron chi connectivity index (χ1n) is 8.56. The van der Waals surface area contributed by atoms with Gasteiger partial charge in [0.15, 0.2) is 0 Å². The van der Waals surface area contributed by atoms with E-state index in [4.69, 9.17) is 4.74 Å². The van der Waals surface area contributed by atoms with Crippen LogP contribution < -0.4 is 10.1 Å². The number of halogens is 2. The van der Waals surface area contributed by atoms with Gasteiger partial charge in [0, 0.05) is 17.7 Å². The fourth-order valence-electron chi connectivity index (χ4n) is 2.91. The van der Waals surface area contributed by atoms with E-state index < -0.39 is 11.6 Å². The number of H-pyrrole nitrogens is 1. The lowest BCUT2D eigenvalue weighted by atomic mass is 10.1. The van der Waals surface area contributed by atoms with Crippen LogP contribution in [0.4, 0.5) is 8.78 Å². The van der Waals surface area contributed by atoms with Gasteiger partial charge in [-0.15, -0.1) is 0 Å². The molecule has 1 heterocycles. The van der Waals surface area contributed by atoms with E-state index in [1.807, 2.05) is 0 Å². The van der Waals surface area contributed by atoms with Crippen molar-refractivity contribution in [3.05, 3.63) is 58.8 Å². The number of rotatable bonds is 5. The molecule has 5 nitrogen and oxygen atoms in total. The Hall–Kier alpha value is -3.22. The van der Waals surface area contributed by atoms with Crippen molar-refractivity contribution in [1.29, 1.82) is 0 Å². The van der Waals surface area contributed by atoms with Gasteiger partial charge in [-0.2, -0.15) is 5.10 Å². The van der Waals surface area contributed by atoms with Gasteiger partial charge in [0.1, 0.15) is 17.4 Å². The van der Waals surface area contributed by atoms with Crippen molar-refractivity contribution in [2.75, 3.05) is 7.11 Å². The van der Waals surface area contributed by atoms with Crippen molar-refractivity contribution >= 4 is 29.0 Å². The molecule has 138 valence electrons. The lowest BCUT2D eigenvalue weighted by Crippen LogP contribution is -2.25. The largest absolute Gasteiger partial charge is 0.495 e. The Morgan fingerprint density at radius 2 is 2.07 bits per heavy atom. The molecule has 0 saturated heterocycles. The van der Waals surface area contributed by atoms with Gasteiger partial charge < -0.3 is 10.1 Å². The van der Waals surface area contributed by atoms with Gasteiger partial charge in [-0.25, -0.2) is 8.78 Å². The molecule has 1 fully saturated rings. The molecule has 27 heavy (non-hydrogen) atoms. The van der Waals surface area contributed by atoms with Crippen molar-refractivity contribution in [3.63, 3.8) is 0 Å². The van der Waals surface area contributed by atoms with Crippen LogP contribution in [0.5, 0.6) is 5.75 Å². The normalized spacial score (nSPS) is 14.0. The van der Waals surface area contributed by atoms with Crippen LogP contribution in [0.1, 0.15) is 34.5 Å². The van der Waals surface area contributed by atoms with Gasteiger partial charge in [-0.1, -0.05) is 0 Å². The number of nitrogens with one attached hydrogen (secondary N) is 2. The summed E-state index contributed by atoms with van der Waals surface area (Å²) in [5.74, 6) is -1.10. The smallest absolute Gasteiger partial charge is 0.255 e. The van der Waals surface area contributed by atoms with E-state index in [2.05, 4.69) is 15.5 Å². The maximum atomic E-state index is 13.8. The molecule has 0 atom stereocenters. The first kappa shape index (κ1) is 17.2. The lowest BCUT2D eigenvalue weighted by Gasteiger charge is -2.10. The van der Waals surface area contributed by atoms with Crippen LogP contribution in [0, 0.1) is 11.6 Å². The van der Waals surface area contributed by atoms with Gasteiger partial charge >= 0.3 is 0 Å². The summed E-state index contributed by atoms with van der Waals surface area (Å²) in [5.41, 5.74) is 1.83. The number of nitrogens with zero attached hydrogens (tertiary/aromatic N) is 1. The van der Waals surface area contributed by atoms with Crippen molar-refractivity contribution in [2.45, 2.75) is 18.9 Å². The number of hydrogen-bond donors (Lipinski definition) is 2. The molecule has 1 aliphatic rings. The molecule has 4 rings (SSSR count). The fourth-order valence-corrected chi connectivity index (χ4v) is 2.91. The summed E-state index contributed by atoms with van der Waals surface area (Å²) in [6.07, 6.45) is 5.07. The van der Waals surface area contributed by atoms with Crippen LogP contribution >= 0.6 is 0 Å². The van der Waals surface area contributed by atoms with Gasteiger partial charge in [0.05, 0.1) is 29.3 Å². The zero-order chi connectivity index (χ0) is 19.0. The Labute approximate surface area is 154 Å². The number of aromatic nitrogens is 2. The molecule has 1 aliphatic carbocycles. The Morgan fingerprint density at radius 1 is 1.26 bits per heavy atom. The number of benzene rings is 2. The highest BCUT2D eigenvalue weighted by Crippen LogP contribution is 2.33. The van der Waals surface area contributed by atoms with Crippen LogP contribution in [0.25, 0.3) is 23.1 Å². The van der Waals surface area contributed by atoms with Crippen LogP contribution in [0.2, 0.25) is 0 Å². The highest BCUT2D eigenvalue weighted by atomic mass is 19.1. The predicted molar refractivity (Wildman–Crippen MR) is 98.4 cm³/mol. The molecule has 3 aromatic rings. The van der Waals surface area contributed by atoms with Crippen LogP contribution in [-0.4, -0.2) is 29.3 Å². The molecule has 2 aromatic carbocycles. The highest BCUT2D eigenvalue weighted by molar-refractivity contribution is 6.05. The minimum Gasteiger partial charge on any atom is -0.495 e. The fraction of sp³-hybridized carbons (Fsp3) is 0.200. The third-order valence-corrected chi connectivity index (χ3v) is 4.46. The van der Waals surface area contributed by atoms with Crippen molar-refractivity contribution in [2.24, 2.45) is 0 Å². The van der Waals surface area contributed by atoms with Crippen molar-refractivity contribution in [3.8, 4) is 5.75 Å². The van der Waals surface area contributed by atoms with Gasteiger partial charge in [-0.05, 0) is 49.3 Å². The second-order valence-corrected chi connectivity index (χ2v) is 6.42. The van der Waals surface area contributed by atoms with E-state index in [0.717, 1.165) is 18.9 Å². The summed E-state index contributed by atoms with van der Waals surface area (Å²) in [4.78, 5) is 12.5. The number of hydrogen-bond acceptors (Lipinski definition) is 3. The molecule has 0 aliphatic heterocycles. The number of fused-ring (bicyclic) bond motifs is 1. The first-order chi connectivity index (χ1) is 13.1. The van der Waals surface area contributed by atoms with E-state index >= 15 is 0 Å². The third kappa shape index (κ3) is 3.40. The molecule has 0 radical (unpaired) electrons. The van der Waals surface area contributed by atoms with E-state index in [9.17, 15) is 13.6 Å². The van der Waals surface area contributed by atoms with Gasteiger partial charge in [-0.3, -0.25) is 9.89 Å². The maximum absolute atomic E-state index is 13.8. The second-order valence-electron chi connectivity index (χ2n) is 6.42. The molecule has 0 bridgehead atoms. The summed E-state index contributed by atoms with van der Waals surface area (Å²) in [6, 6.07) is 7.02. The number of amides is 1. The molecule has 1 amide bonds. The van der Waals surface area contributed by atoms with Crippen LogP contribution in [0.15, 0.2) is 30.3 Å². The lowest BCUT2D eigenvalue weighted by molar-refractivity contribution is 0.0948. The monoisotopic (exact) mass is 369 g/mol. The summed E-state index contributed by atoms with van der Waals surface area (Å²) < 4.78 is 32.4. The molecular formula is C20H17F2N3O2. The van der Waals surface area contributed by atoms with Crippen LogP contribution in [0.3, 0.4) is 0 Å². The average Bonchev–Trinajstić information content (AvgIpc) is 3.37. The topological polar surface area (TPSA) is 67.0 Å². The minimum atomic E-state index is -0.664. The SMILES string of the molecule is COc1c(C(=O)NC2CC2)ccc2[nH]nc(C=Cc3ccc(F)cc3F)c12. The molecule has 0 spiro atoms. The predicted octanol–water partition coefficient (Wildman–Crippen LogP) is 3.91. The second kappa shape index (κ2) is 6.83. The average molecular weight is 369 g/mol. The molecule has 0 unspecified atom stereocenters. The zero-order valence-electron chi connectivity index (χ0n) is 14.6. The molecule has 7 heteroatoms. The quantitative estimate of drug-likeness (QED) is 0.717. The van der Waals surface area contributed by atoms with Crippen molar-refractivity contribution in [1.82, 2.24) is 15.5 Å². The summed E-state index contributed by atoms with van der Waals surface area (Å²) in [6.45, 7) is 0. The van der Waals surface area contributed by atoms with E-state index in [1.165, 1.54) is 25.3 Å². The van der Waals surface area contributed by atoms with E-state index in [0.29, 0.717) is 27.9 Å². The van der Waals surface area contributed by atoms with Gasteiger partial charge in [0.25, 0.3) is 5.91 Å². The third-order valence-electron chi connectivity index (χ3n) is 4.46. The Balaban J connectivity index is 1.74. The number of methoxy groups -OCH3 is 1. The van der Waals surface area contributed by atoms with Crippen molar-refractivity contribution < 1.29 is 18.3 Å². The Bertz CT molecular complexity index is 1050.